The number of nitrogens with zero attached hydrogens (tertiary/aromatic N) is 3. The summed E-state index contributed by atoms with van der Waals surface area (Å²) < 4.78 is 0. The number of amides is 2. The Morgan fingerprint density at radius 2 is 1.88 bits per heavy atom. The molecule has 5 heteroatoms. The number of benzene rings is 1. The van der Waals surface area contributed by atoms with E-state index in [2.05, 4.69) is 31.7 Å². The Bertz CT molecular complexity index is 678. The minimum Gasteiger partial charge on any atom is -0.340 e. The Hall–Kier alpha value is -1.88. The van der Waals surface area contributed by atoms with Gasteiger partial charge in [-0.1, -0.05) is 39.0 Å². The highest BCUT2D eigenvalue weighted by Gasteiger charge is 2.39. The number of likely N-dealkylation sites (N-methyl/N-ethyl adjacent to an activating group) is 1. The third-order valence-corrected chi connectivity index (χ3v) is 5.77. The van der Waals surface area contributed by atoms with Gasteiger partial charge in [0.25, 0.3) is 0 Å². The predicted molar refractivity (Wildman–Crippen MR) is 104 cm³/mol. The number of para-hydroxylation sites is 1. The molecule has 0 aromatic heterocycles. The zero-order chi connectivity index (χ0) is 18.8. The van der Waals surface area contributed by atoms with Gasteiger partial charge in [-0.3, -0.25) is 9.59 Å². The van der Waals surface area contributed by atoms with Gasteiger partial charge >= 0.3 is 0 Å². The quantitative estimate of drug-likeness (QED) is 0.832. The van der Waals surface area contributed by atoms with Gasteiger partial charge in [0.15, 0.2) is 0 Å². The number of rotatable bonds is 4. The fourth-order valence-corrected chi connectivity index (χ4v) is 4.15. The second-order valence-corrected chi connectivity index (χ2v) is 7.83. The maximum absolute atomic E-state index is 13.0. The molecule has 1 aromatic rings. The molecule has 2 aliphatic heterocycles. The van der Waals surface area contributed by atoms with Crippen molar-refractivity contribution in [3.8, 4) is 0 Å². The van der Waals surface area contributed by atoms with Crippen LogP contribution in [0.5, 0.6) is 0 Å². The Kier molecular flexibility index (Phi) is 5.66. The molecule has 1 atom stereocenters. The molecule has 2 amide bonds. The fourth-order valence-electron chi connectivity index (χ4n) is 4.15. The first-order valence-electron chi connectivity index (χ1n) is 9.83. The van der Waals surface area contributed by atoms with Crippen LogP contribution in [0, 0.1) is 12.8 Å². The van der Waals surface area contributed by atoms with Crippen molar-refractivity contribution in [3.05, 3.63) is 29.3 Å². The van der Waals surface area contributed by atoms with Crippen molar-refractivity contribution in [1.82, 2.24) is 9.80 Å². The van der Waals surface area contributed by atoms with Crippen LogP contribution in [-0.2, 0) is 9.59 Å². The van der Waals surface area contributed by atoms with Crippen LogP contribution in [0.2, 0.25) is 0 Å². The highest BCUT2D eigenvalue weighted by molar-refractivity contribution is 6.01. The van der Waals surface area contributed by atoms with Crippen LogP contribution in [0.3, 0.4) is 0 Å². The Balaban J connectivity index is 1.75. The van der Waals surface area contributed by atoms with Crippen molar-refractivity contribution < 1.29 is 9.59 Å². The van der Waals surface area contributed by atoms with Crippen molar-refractivity contribution >= 4 is 17.5 Å². The molecule has 0 bridgehead atoms. The molecule has 0 spiro atoms. The van der Waals surface area contributed by atoms with Gasteiger partial charge in [-0.2, -0.15) is 0 Å². The first-order valence-corrected chi connectivity index (χ1v) is 9.83. The molecule has 142 valence electrons. The SMILES string of the molecule is CCN1CCN(C(=O)C2CC(=O)N(c3c(C)cccc3C(C)C)C2)CC1. The van der Waals surface area contributed by atoms with Crippen LogP contribution in [0.1, 0.15) is 44.2 Å². The average molecular weight is 357 g/mol. The second-order valence-electron chi connectivity index (χ2n) is 7.83. The molecule has 0 saturated carbocycles. The van der Waals surface area contributed by atoms with E-state index in [1.165, 1.54) is 5.56 Å². The standard InChI is InChI=1S/C21H31N3O2/c1-5-22-9-11-23(12-10-22)21(26)17-13-19(25)24(14-17)20-16(4)7-6-8-18(20)15(2)3/h6-8,15,17H,5,9-14H2,1-4H3. The number of hydrogen-bond acceptors (Lipinski definition) is 3. The summed E-state index contributed by atoms with van der Waals surface area (Å²) >= 11 is 0. The monoisotopic (exact) mass is 357 g/mol. The fraction of sp³-hybridized carbons (Fsp3) is 0.619. The van der Waals surface area contributed by atoms with Crippen molar-refractivity contribution in [1.29, 1.82) is 0 Å². The summed E-state index contributed by atoms with van der Waals surface area (Å²) in [6, 6.07) is 6.19. The highest BCUT2D eigenvalue weighted by atomic mass is 16.2. The van der Waals surface area contributed by atoms with Crippen molar-refractivity contribution in [2.45, 2.75) is 40.0 Å². The van der Waals surface area contributed by atoms with E-state index in [0.29, 0.717) is 18.9 Å². The Morgan fingerprint density at radius 1 is 1.19 bits per heavy atom. The van der Waals surface area contributed by atoms with E-state index in [-0.39, 0.29) is 17.7 Å². The molecular weight excluding hydrogens is 326 g/mol. The van der Waals surface area contributed by atoms with E-state index in [0.717, 1.165) is 44.0 Å². The summed E-state index contributed by atoms with van der Waals surface area (Å²) in [5, 5.41) is 0. The van der Waals surface area contributed by atoms with Crippen LogP contribution >= 0.6 is 0 Å². The molecule has 0 radical (unpaired) electrons. The molecular formula is C21H31N3O2. The van der Waals surface area contributed by atoms with E-state index in [9.17, 15) is 9.59 Å². The lowest BCUT2D eigenvalue weighted by molar-refractivity contribution is -0.137. The number of carbonyl (C=O) groups is 2. The molecule has 1 aromatic carbocycles. The van der Waals surface area contributed by atoms with Crippen LogP contribution < -0.4 is 4.90 Å². The van der Waals surface area contributed by atoms with Gasteiger partial charge in [0, 0.05) is 44.8 Å². The summed E-state index contributed by atoms with van der Waals surface area (Å²) in [4.78, 5) is 31.9. The molecule has 0 aliphatic carbocycles. The van der Waals surface area contributed by atoms with Crippen molar-refractivity contribution in [2.75, 3.05) is 44.2 Å². The lowest BCUT2D eigenvalue weighted by atomic mass is 9.97. The average Bonchev–Trinajstić information content (AvgIpc) is 3.02. The van der Waals surface area contributed by atoms with Crippen molar-refractivity contribution in [2.24, 2.45) is 5.92 Å². The molecule has 2 aliphatic rings. The van der Waals surface area contributed by atoms with Gasteiger partial charge in [-0.25, -0.2) is 0 Å². The summed E-state index contributed by atoms with van der Waals surface area (Å²) in [6.45, 7) is 13.5. The van der Waals surface area contributed by atoms with Crippen LogP contribution in [-0.4, -0.2) is 60.9 Å². The van der Waals surface area contributed by atoms with Gasteiger partial charge in [-0.05, 0) is 30.5 Å². The first-order chi connectivity index (χ1) is 12.4. The number of hydrogen-bond donors (Lipinski definition) is 0. The van der Waals surface area contributed by atoms with E-state index in [1.54, 1.807) is 0 Å². The summed E-state index contributed by atoms with van der Waals surface area (Å²) in [5.41, 5.74) is 3.30. The minimum absolute atomic E-state index is 0.0757. The summed E-state index contributed by atoms with van der Waals surface area (Å²) in [5.74, 6) is 0.355. The Labute approximate surface area is 156 Å². The lowest BCUT2D eigenvalue weighted by Crippen LogP contribution is -2.50. The molecule has 2 heterocycles. The first kappa shape index (κ1) is 18.9. The summed E-state index contributed by atoms with van der Waals surface area (Å²) in [7, 11) is 0. The number of aryl methyl sites for hydroxylation is 1. The maximum atomic E-state index is 13.0. The van der Waals surface area contributed by atoms with Crippen LogP contribution in [0.4, 0.5) is 5.69 Å². The topological polar surface area (TPSA) is 43.9 Å². The normalized spacial score (nSPS) is 21.7. The van der Waals surface area contributed by atoms with Gasteiger partial charge in [0.2, 0.25) is 11.8 Å². The third kappa shape index (κ3) is 3.63. The maximum Gasteiger partial charge on any atom is 0.228 e. The number of carbonyl (C=O) groups excluding carboxylic acids is 2. The lowest BCUT2D eigenvalue weighted by Gasteiger charge is -2.35. The minimum atomic E-state index is -0.213. The molecule has 2 saturated heterocycles. The second kappa shape index (κ2) is 7.78. The molecule has 2 fully saturated rings. The van der Waals surface area contributed by atoms with E-state index >= 15 is 0 Å². The van der Waals surface area contributed by atoms with Gasteiger partial charge in [-0.15, -0.1) is 0 Å². The van der Waals surface area contributed by atoms with Gasteiger partial charge in [0.05, 0.1) is 5.92 Å². The smallest absolute Gasteiger partial charge is 0.228 e. The van der Waals surface area contributed by atoms with E-state index in [1.807, 2.05) is 28.9 Å². The van der Waals surface area contributed by atoms with Gasteiger partial charge in [0.1, 0.15) is 0 Å². The number of piperazine rings is 1. The Morgan fingerprint density at radius 3 is 2.50 bits per heavy atom. The summed E-state index contributed by atoms with van der Waals surface area (Å²) in [6.07, 6.45) is 0.332. The molecule has 1 unspecified atom stereocenters. The van der Waals surface area contributed by atoms with Crippen LogP contribution in [0.15, 0.2) is 18.2 Å². The molecule has 26 heavy (non-hydrogen) atoms. The number of anilines is 1. The predicted octanol–water partition coefficient (Wildman–Crippen LogP) is 2.64. The van der Waals surface area contributed by atoms with E-state index in [4.69, 9.17) is 0 Å². The van der Waals surface area contributed by atoms with Gasteiger partial charge < -0.3 is 14.7 Å². The van der Waals surface area contributed by atoms with E-state index < -0.39 is 0 Å². The van der Waals surface area contributed by atoms with Crippen molar-refractivity contribution in [3.63, 3.8) is 0 Å². The van der Waals surface area contributed by atoms with Crippen LogP contribution in [0.25, 0.3) is 0 Å². The molecule has 0 N–H and O–H groups in total. The third-order valence-electron chi connectivity index (χ3n) is 5.77. The largest absolute Gasteiger partial charge is 0.340 e. The zero-order valence-electron chi connectivity index (χ0n) is 16.5. The highest BCUT2D eigenvalue weighted by Crippen LogP contribution is 2.35. The zero-order valence-corrected chi connectivity index (χ0v) is 16.5. The molecule has 3 rings (SSSR count). The molecule has 5 nitrogen and oxygen atoms in total.